The van der Waals surface area contributed by atoms with Crippen LogP contribution in [0, 0.1) is 0 Å². The van der Waals surface area contributed by atoms with E-state index in [1.54, 1.807) is 0 Å². The summed E-state index contributed by atoms with van der Waals surface area (Å²) in [5.41, 5.74) is 2.04. The molecule has 0 aromatic rings. The molecule has 106 valence electrons. The Labute approximate surface area is 116 Å². The number of carbonyl (C=O) groups is 1. The van der Waals surface area contributed by atoms with Gasteiger partial charge in [0, 0.05) is 0 Å². The third-order valence-electron chi connectivity index (χ3n) is 3.31. The summed E-state index contributed by atoms with van der Waals surface area (Å²) >= 11 is 0. The average molecular weight is 264 g/mol. The summed E-state index contributed by atoms with van der Waals surface area (Å²) in [7, 11) is 0. The predicted molar refractivity (Wildman–Crippen MR) is 76.8 cm³/mol. The number of carbonyl (C=O) groups excluding carboxylic acids is 1. The highest BCUT2D eigenvalue weighted by Gasteiger charge is 2.41. The van der Waals surface area contributed by atoms with E-state index in [4.69, 9.17) is 9.47 Å². The first-order valence-electron chi connectivity index (χ1n) is 6.73. The minimum absolute atomic E-state index is 0.410. The first kappa shape index (κ1) is 15.5. The minimum atomic E-state index is -0.673. The number of allylic oxidation sites excluding steroid dienone is 4. The number of ether oxygens (including phenoxy) is 2. The molecule has 1 fully saturated rings. The Bertz CT molecular complexity index is 414. The van der Waals surface area contributed by atoms with Crippen LogP contribution in [0.3, 0.4) is 0 Å². The van der Waals surface area contributed by atoms with Crippen LogP contribution in [0.2, 0.25) is 0 Å². The van der Waals surface area contributed by atoms with E-state index < -0.39 is 11.8 Å². The molecule has 1 heterocycles. The van der Waals surface area contributed by atoms with Crippen LogP contribution in [-0.2, 0) is 9.47 Å². The maximum atomic E-state index is 11.0. The standard InChI is InChI=1S/C16H24O3/c1-12(2)8-6-9-13(3)10-7-11-16(5)14(4)18-15(17)19-16/h8,10H,4,6-7,9,11H2,1-3,5H3/b13-10+/t16-/m0/s1. The van der Waals surface area contributed by atoms with Crippen molar-refractivity contribution in [3.8, 4) is 0 Å². The zero-order chi connectivity index (χ0) is 14.5. The first-order valence-corrected chi connectivity index (χ1v) is 6.73. The molecule has 0 N–H and O–H groups in total. The Balaban J connectivity index is 2.38. The summed E-state index contributed by atoms with van der Waals surface area (Å²) in [6.07, 6.45) is 7.50. The highest BCUT2D eigenvalue weighted by atomic mass is 16.8. The molecule has 0 aromatic carbocycles. The molecule has 19 heavy (non-hydrogen) atoms. The summed E-state index contributed by atoms with van der Waals surface area (Å²) in [6.45, 7) is 11.9. The van der Waals surface area contributed by atoms with Gasteiger partial charge in [0.15, 0.2) is 5.60 Å². The minimum Gasteiger partial charge on any atom is -0.419 e. The summed E-state index contributed by atoms with van der Waals surface area (Å²) in [4.78, 5) is 11.0. The number of hydrogen-bond acceptors (Lipinski definition) is 3. The van der Waals surface area contributed by atoms with Crippen LogP contribution in [0.15, 0.2) is 35.6 Å². The van der Waals surface area contributed by atoms with Crippen molar-refractivity contribution in [3.05, 3.63) is 35.6 Å². The highest BCUT2D eigenvalue weighted by molar-refractivity contribution is 5.66. The van der Waals surface area contributed by atoms with Crippen LogP contribution in [-0.4, -0.2) is 11.8 Å². The molecule has 1 atom stereocenters. The second kappa shape index (κ2) is 6.60. The Morgan fingerprint density at radius 1 is 1.26 bits per heavy atom. The molecule has 3 nitrogen and oxygen atoms in total. The SMILES string of the molecule is C=C1OC(=O)O[C@@]1(C)CC/C=C(\C)CCC=C(C)C. The quantitative estimate of drug-likeness (QED) is 0.505. The van der Waals surface area contributed by atoms with Gasteiger partial charge in [-0.15, -0.1) is 0 Å². The largest absolute Gasteiger partial charge is 0.514 e. The molecule has 0 unspecified atom stereocenters. The van der Waals surface area contributed by atoms with Gasteiger partial charge in [-0.2, -0.15) is 0 Å². The van der Waals surface area contributed by atoms with Crippen LogP contribution >= 0.6 is 0 Å². The van der Waals surface area contributed by atoms with E-state index in [-0.39, 0.29) is 0 Å². The fourth-order valence-corrected chi connectivity index (χ4v) is 1.95. The van der Waals surface area contributed by atoms with Crippen molar-refractivity contribution in [1.29, 1.82) is 0 Å². The fourth-order valence-electron chi connectivity index (χ4n) is 1.95. The molecule has 0 spiro atoms. The van der Waals surface area contributed by atoms with Gasteiger partial charge in [-0.25, -0.2) is 4.79 Å². The molecule has 0 aliphatic carbocycles. The van der Waals surface area contributed by atoms with E-state index in [1.165, 1.54) is 11.1 Å². The van der Waals surface area contributed by atoms with Gasteiger partial charge >= 0.3 is 6.16 Å². The van der Waals surface area contributed by atoms with Gasteiger partial charge in [0.05, 0.1) is 0 Å². The predicted octanol–water partition coefficient (Wildman–Crippen LogP) is 4.90. The van der Waals surface area contributed by atoms with Crippen molar-refractivity contribution in [2.24, 2.45) is 0 Å². The molecular weight excluding hydrogens is 240 g/mol. The van der Waals surface area contributed by atoms with Crippen LogP contribution in [0.1, 0.15) is 53.4 Å². The van der Waals surface area contributed by atoms with Gasteiger partial charge in [0.25, 0.3) is 0 Å². The van der Waals surface area contributed by atoms with Crippen molar-refractivity contribution in [3.63, 3.8) is 0 Å². The smallest absolute Gasteiger partial charge is 0.419 e. The Morgan fingerprint density at radius 3 is 2.47 bits per heavy atom. The Morgan fingerprint density at radius 2 is 1.95 bits per heavy atom. The van der Waals surface area contributed by atoms with Gasteiger partial charge in [-0.05, 0) is 53.4 Å². The van der Waals surface area contributed by atoms with Gasteiger partial charge in [-0.1, -0.05) is 29.9 Å². The van der Waals surface area contributed by atoms with Crippen molar-refractivity contribution < 1.29 is 14.3 Å². The van der Waals surface area contributed by atoms with Gasteiger partial charge in [0.1, 0.15) is 5.76 Å². The molecule has 0 saturated carbocycles. The lowest BCUT2D eigenvalue weighted by atomic mass is 9.97. The lowest BCUT2D eigenvalue weighted by molar-refractivity contribution is 0.0722. The average Bonchev–Trinajstić information content (AvgIpc) is 2.52. The molecule has 1 aliphatic heterocycles. The van der Waals surface area contributed by atoms with Crippen LogP contribution in [0.25, 0.3) is 0 Å². The molecule has 1 rings (SSSR count). The summed E-state index contributed by atoms with van der Waals surface area (Å²) in [6, 6.07) is 0. The monoisotopic (exact) mass is 264 g/mol. The molecular formula is C16H24O3. The normalized spacial score (nSPS) is 23.1. The fraction of sp³-hybridized carbons (Fsp3) is 0.562. The summed E-state index contributed by atoms with van der Waals surface area (Å²) < 4.78 is 10.00. The van der Waals surface area contributed by atoms with Crippen molar-refractivity contribution >= 4 is 6.16 Å². The molecule has 0 bridgehead atoms. The van der Waals surface area contributed by atoms with E-state index in [0.717, 1.165) is 19.3 Å². The molecule has 3 heteroatoms. The van der Waals surface area contributed by atoms with Gasteiger partial charge in [0.2, 0.25) is 0 Å². The zero-order valence-electron chi connectivity index (χ0n) is 12.4. The van der Waals surface area contributed by atoms with Gasteiger partial charge < -0.3 is 9.47 Å². The lowest BCUT2D eigenvalue weighted by Crippen LogP contribution is -2.24. The second-order valence-electron chi connectivity index (χ2n) is 5.52. The maximum Gasteiger partial charge on any atom is 0.514 e. The zero-order valence-corrected chi connectivity index (χ0v) is 12.4. The lowest BCUT2D eigenvalue weighted by Gasteiger charge is -2.19. The molecule has 1 aliphatic rings. The number of rotatable bonds is 6. The van der Waals surface area contributed by atoms with E-state index in [1.807, 2.05) is 6.92 Å². The second-order valence-corrected chi connectivity index (χ2v) is 5.52. The Kier molecular flexibility index (Phi) is 5.40. The van der Waals surface area contributed by atoms with Crippen LogP contribution in [0.4, 0.5) is 4.79 Å². The highest BCUT2D eigenvalue weighted by Crippen LogP contribution is 2.33. The summed E-state index contributed by atoms with van der Waals surface area (Å²) in [5.74, 6) is 0.410. The van der Waals surface area contributed by atoms with Crippen LogP contribution in [0.5, 0.6) is 0 Å². The van der Waals surface area contributed by atoms with E-state index in [9.17, 15) is 4.79 Å². The van der Waals surface area contributed by atoms with E-state index in [0.29, 0.717) is 12.2 Å². The summed E-state index contributed by atoms with van der Waals surface area (Å²) in [5, 5.41) is 0. The van der Waals surface area contributed by atoms with Crippen molar-refractivity contribution in [2.45, 2.75) is 59.0 Å². The number of hydrogen-bond donors (Lipinski definition) is 0. The van der Waals surface area contributed by atoms with Crippen LogP contribution < -0.4 is 0 Å². The third-order valence-corrected chi connectivity index (χ3v) is 3.31. The number of cyclic esters (lactones) is 2. The van der Waals surface area contributed by atoms with E-state index in [2.05, 4.69) is 39.5 Å². The molecule has 1 saturated heterocycles. The van der Waals surface area contributed by atoms with Gasteiger partial charge in [-0.3, -0.25) is 0 Å². The molecule has 0 amide bonds. The molecule has 0 radical (unpaired) electrons. The van der Waals surface area contributed by atoms with Crippen molar-refractivity contribution in [1.82, 2.24) is 0 Å². The van der Waals surface area contributed by atoms with Crippen molar-refractivity contribution in [2.75, 3.05) is 0 Å². The Hall–Kier alpha value is -1.51. The topological polar surface area (TPSA) is 35.5 Å². The molecule has 0 aromatic heterocycles. The van der Waals surface area contributed by atoms with E-state index >= 15 is 0 Å². The maximum absolute atomic E-state index is 11.0. The third kappa shape index (κ3) is 4.93. The first-order chi connectivity index (χ1) is 8.83.